The fourth-order valence-electron chi connectivity index (χ4n) is 7.06. The van der Waals surface area contributed by atoms with Gasteiger partial charge in [0.1, 0.15) is 11.6 Å². The number of phenolic OH excluding ortho intramolecular Hbond substituents is 1. The van der Waals surface area contributed by atoms with Crippen molar-refractivity contribution in [2.45, 2.75) is 24.5 Å². The number of hydrogen-bond donors (Lipinski definition) is 3. The fourth-order valence-corrected chi connectivity index (χ4v) is 7.06. The van der Waals surface area contributed by atoms with Gasteiger partial charge < -0.3 is 20.5 Å². The minimum absolute atomic E-state index is 0.0101. The lowest BCUT2D eigenvalue weighted by atomic mass is 9.52. The average Bonchev–Trinajstić information content (AvgIpc) is 3.46. The van der Waals surface area contributed by atoms with E-state index in [9.17, 15) is 34.2 Å². The molecule has 6 atom stereocenters. The van der Waals surface area contributed by atoms with Crippen LogP contribution in [0.15, 0.2) is 55.0 Å². The van der Waals surface area contributed by atoms with Gasteiger partial charge in [-0.15, -0.1) is 0 Å². The van der Waals surface area contributed by atoms with Gasteiger partial charge >= 0.3 is 0 Å². The third-order valence-corrected chi connectivity index (χ3v) is 8.87. The molecule has 2 heterocycles. The number of phenols is 1. The number of ketones is 4. The van der Waals surface area contributed by atoms with Gasteiger partial charge in [-0.1, -0.05) is 6.07 Å². The number of aliphatic hydroxyl groups is 1. The number of fused-ring (bicyclic) bond motifs is 3. The van der Waals surface area contributed by atoms with E-state index in [-0.39, 0.29) is 24.2 Å². The average molecular weight is 557 g/mol. The predicted molar refractivity (Wildman–Crippen MR) is 144 cm³/mol. The zero-order chi connectivity index (χ0) is 29.4. The van der Waals surface area contributed by atoms with E-state index in [0.29, 0.717) is 22.5 Å². The molecule has 0 bridgehead atoms. The maximum absolute atomic E-state index is 13.9. The van der Waals surface area contributed by atoms with Crippen molar-refractivity contribution in [1.82, 2.24) is 14.5 Å². The van der Waals surface area contributed by atoms with E-state index in [1.54, 1.807) is 26.4 Å². The Kier molecular flexibility index (Phi) is 6.05. The van der Waals surface area contributed by atoms with Crippen LogP contribution in [0.3, 0.4) is 0 Å². The Labute approximate surface area is 234 Å². The highest BCUT2D eigenvalue weighted by Gasteiger charge is 2.69. The van der Waals surface area contributed by atoms with Crippen LogP contribution in [0, 0.1) is 23.7 Å². The molecule has 11 nitrogen and oxygen atoms in total. The number of carbonyl (C=O) groups excluding carboxylic acids is 5. The number of likely N-dealkylation sites (N-methyl/N-ethyl adjacent to an activating group) is 1. The zero-order valence-electron chi connectivity index (χ0n) is 22.4. The summed E-state index contributed by atoms with van der Waals surface area (Å²) in [5.41, 5.74) is 4.43. The Morgan fingerprint density at radius 2 is 1.78 bits per heavy atom. The highest BCUT2D eigenvalue weighted by Crippen LogP contribution is 2.51. The van der Waals surface area contributed by atoms with Crippen molar-refractivity contribution in [3.05, 3.63) is 66.1 Å². The molecule has 2 saturated carbocycles. The molecule has 0 spiro atoms. The number of amides is 1. The van der Waals surface area contributed by atoms with Crippen molar-refractivity contribution in [2.75, 3.05) is 14.1 Å². The van der Waals surface area contributed by atoms with Crippen molar-refractivity contribution >= 4 is 29.0 Å². The van der Waals surface area contributed by atoms with Crippen molar-refractivity contribution in [2.24, 2.45) is 29.4 Å². The van der Waals surface area contributed by atoms with Crippen LogP contribution in [0.2, 0.25) is 0 Å². The zero-order valence-corrected chi connectivity index (χ0v) is 22.4. The van der Waals surface area contributed by atoms with E-state index in [1.165, 1.54) is 11.0 Å². The number of benzene rings is 1. The number of rotatable bonds is 4. The van der Waals surface area contributed by atoms with Gasteiger partial charge in [0.25, 0.3) is 0 Å². The molecule has 0 radical (unpaired) electrons. The number of primary amides is 1. The Morgan fingerprint density at radius 1 is 1.07 bits per heavy atom. The van der Waals surface area contributed by atoms with E-state index < -0.39 is 64.4 Å². The summed E-state index contributed by atoms with van der Waals surface area (Å²) >= 11 is 0. The molecular weight excluding hydrogens is 528 g/mol. The Balaban J connectivity index is 1.44. The second kappa shape index (κ2) is 9.28. The first-order valence-corrected chi connectivity index (χ1v) is 13.3. The molecule has 4 N–H and O–H groups in total. The van der Waals surface area contributed by atoms with Gasteiger partial charge in [-0.3, -0.25) is 28.9 Å². The van der Waals surface area contributed by atoms with Crippen LogP contribution in [0.4, 0.5) is 0 Å². The van der Waals surface area contributed by atoms with Crippen LogP contribution in [0.5, 0.6) is 5.75 Å². The molecule has 3 aliphatic rings. The molecule has 11 heteroatoms. The van der Waals surface area contributed by atoms with Crippen molar-refractivity contribution in [1.29, 1.82) is 0 Å². The Morgan fingerprint density at radius 3 is 2.39 bits per heavy atom. The van der Waals surface area contributed by atoms with Crippen LogP contribution in [0.25, 0.3) is 16.9 Å². The summed E-state index contributed by atoms with van der Waals surface area (Å²) in [6.45, 7) is 0. The Bertz CT molecular complexity index is 1630. The Hall–Kier alpha value is -4.48. The molecule has 2 aromatic heterocycles. The summed E-state index contributed by atoms with van der Waals surface area (Å²) in [5, 5.41) is 22.4. The molecule has 3 aromatic rings. The first-order chi connectivity index (χ1) is 19.5. The number of hydrogen-bond acceptors (Lipinski definition) is 9. The van der Waals surface area contributed by atoms with Gasteiger partial charge in [0.05, 0.1) is 17.5 Å². The van der Waals surface area contributed by atoms with E-state index in [0.717, 1.165) is 0 Å². The normalized spacial score (nSPS) is 29.2. The highest BCUT2D eigenvalue weighted by atomic mass is 16.3. The molecule has 3 aliphatic carbocycles. The van der Waals surface area contributed by atoms with Gasteiger partial charge in [0.15, 0.2) is 34.7 Å². The number of nitrogens with zero attached hydrogens (tertiary/aromatic N) is 3. The van der Waals surface area contributed by atoms with Crippen LogP contribution >= 0.6 is 0 Å². The number of Topliss-reactive ketones (excluding diaryl/α,β-unsaturated/α-hetero) is 4. The van der Waals surface area contributed by atoms with Crippen LogP contribution in [0.1, 0.15) is 22.3 Å². The lowest BCUT2D eigenvalue weighted by Crippen LogP contribution is -2.74. The van der Waals surface area contributed by atoms with Gasteiger partial charge in [-0.2, -0.15) is 0 Å². The topological polar surface area (TPSA) is 173 Å². The first kappa shape index (κ1) is 26.7. The van der Waals surface area contributed by atoms with Crippen molar-refractivity contribution in [3.8, 4) is 22.7 Å². The highest BCUT2D eigenvalue weighted by molar-refractivity contribution is 6.32. The van der Waals surface area contributed by atoms with Gasteiger partial charge in [-0.05, 0) is 74.3 Å². The van der Waals surface area contributed by atoms with Crippen molar-refractivity contribution in [3.63, 3.8) is 0 Å². The SMILES string of the molecule is CN(C)[C@@H]1C(=O)C(C(N)=O)C(=O)[C@@]2(O)C(=O)C3C(=O)c4c(O)ccc(-c5ccc(-n6cccc6)nc5)c4C[C@H]3C[C@@H]12. The van der Waals surface area contributed by atoms with E-state index in [1.807, 2.05) is 41.2 Å². The molecule has 1 amide bonds. The van der Waals surface area contributed by atoms with E-state index in [2.05, 4.69) is 4.98 Å². The third-order valence-electron chi connectivity index (χ3n) is 8.87. The van der Waals surface area contributed by atoms with Gasteiger partial charge in [0.2, 0.25) is 5.91 Å². The van der Waals surface area contributed by atoms with Gasteiger partial charge in [0, 0.05) is 30.1 Å². The van der Waals surface area contributed by atoms with E-state index in [4.69, 9.17) is 5.73 Å². The number of carbonyl (C=O) groups is 5. The summed E-state index contributed by atoms with van der Waals surface area (Å²) < 4.78 is 1.84. The number of aromatic hydroxyl groups is 1. The number of nitrogens with two attached hydrogens (primary N) is 1. The van der Waals surface area contributed by atoms with Crippen LogP contribution < -0.4 is 5.73 Å². The third kappa shape index (κ3) is 3.72. The quantitative estimate of drug-likeness (QED) is 0.391. The van der Waals surface area contributed by atoms with E-state index >= 15 is 0 Å². The summed E-state index contributed by atoms with van der Waals surface area (Å²) in [6, 6.07) is 9.33. The molecule has 0 aliphatic heterocycles. The summed E-state index contributed by atoms with van der Waals surface area (Å²) in [5.74, 6) is -10.0. The summed E-state index contributed by atoms with van der Waals surface area (Å²) in [7, 11) is 3.10. The van der Waals surface area contributed by atoms with Crippen molar-refractivity contribution < 1.29 is 34.2 Å². The standard InChI is InChI=1S/C30H28N4O7/c1-33(2)24-18-12-15-11-17-16(14-5-8-20(32-13-14)34-9-3-4-10-34)6-7-19(35)22(17)25(36)21(15)27(38)30(18,41)28(39)23(26(24)37)29(31)40/h3-10,13,15,18,21,23-24,35,41H,11-12H2,1-2H3,(H2,31,40)/t15-,18-,21?,23?,24-,30-/m0/s1. The largest absolute Gasteiger partial charge is 0.507 e. The maximum atomic E-state index is 13.9. The predicted octanol–water partition coefficient (Wildman–Crippen LogP) is 0.720. The summed E-state index contributed by atoms with van der Waals surface area (Å²) in [4.78, 5) is 72.6. The van der Waals surface area contributed by atoms with Crippen LogP contribution in [-0.4, -0.2) is 79.4 Å². The molecule has 0 saturated heterocycles. The second-order valence-electron chi connectivity index (χ2n) is 11.3. The molecule has 41 heavy (non-hydrogen) atoms. The minimum atomic E-state index is -2.75. The van der Waals surface area contributed by atoms with Gasteiger partial charge in [-0.25, -0.2) is 4.98 Å². The monoisotopic (exact) mass is 556 g/mol. The molecule has 2 fully saturated rings. The molecular formula is C30H28N4O7. The lowest BCUT2D eigenvalue weighted by molar-refractivity contribution is -0.181. The minimum Gasteiger partial charge on any atom is -0.507 e. The molecule has 2 unspecified atom stereocenters. The number of pyridine rings is 1. The smallest absolute Gasteiger partial charge is 0.235 e. The molecule has 6 rings (SSSR count). The van der Waals surface area contributed by atoms with Crippen LogP contribution in [-0.2, 0) is 25.6 Å². The fraction of sp³-hybridized carbons (Fsp3) is 0.333. The molecule has 1 aromatic carbocycles. The second-order valence-corrected chi connectivity index (χ2v) is 11.3. The lowest BCUT2D eigenvalue weighted by Gasteiger charge is -2.52. The maximum Gasteiger partial charge on any atom is 0.235 e. The first-order valence-electron chi connectivity index (χ1n) is 13.3. The number of aromatic nitrogens is 2. The molecule has 210 valence electrons. The summed E-state index contributed by atoms with van der Waals surface area (Å²) in [6.07, 6.45) is 5.54.